The number of hydrogen-bond acceptors (Lipinski definition) is 3. The highest BCUT2D eigenvalue weighted by molar-refractivity contribution is 9.10. The van der Waals surface area contributed by atoms with Crippen LogP contribution in [0.2, 0.25) is 0 Å². The molecule has 0 saturated carbocycles. The molecule has 0 spiro atoms. The number of benzene rings is 1. The van der Waals surface area contributed by atoms with Crippen LogP contribution in [-0.2, 0) is 7.05 Å². The van der Waals surface area contributed by atoms with E-state index in [1.54, 1.807) is 10.9 Å². The molecular weight excluding hydrogens is 292 g/mol. The van der Waals surface area contributed by atoms with E-state index in [1.807, 2.05) is 7.05 Å². The molecule has 1 aromatic heterocycles. The predicted octanol–water partition coefficient (Wildman–Crippen LogP) is 2.58. The standard InChI is InChI=1S/C13H17BrN4/c1-4-15-13(12-8-16-17-18(12)3)10-6-5-9(2)11(14)7-10/h5-8,13,15H,4H2,1-3H3. The maximum Gasteiger partial charge on any atom is 0.0798 e. The minimum atomic E-state index is 0.117. The molecule has 1 atom stereocenters. The van der Waals surface area contributed by atoms with Crippen LogP contribution in [0.25, 0.3) is 0 Å². The minimum absolute atomic E-state index is 0.117. The molecular formula is C13H17BrN4. The Morgan fingerprint density at radius 3 is 2.78 bits per heavy atom. The van der Waals surface area contributed by atoms with Crippen molar-refractivity contribution in [3.05, 3.63) is 45.7 Å². The zero-order valence-corrected chi connectivity index (χ0v) is 12.4. The van der Waals surface area contributed by atoms with Crippen molar-refractivity contribution >= 4 is 15.9 Å². The van der Waals surface area contributed by atoms with Gasteiger partial charge >= 0.3 is 0 Å². The Labute approximate surface area is 116 Å². The van der Waals surface area contributed by atoms with Crippen LogP contribution in [0.1, 0.15) is 29.8 Å². The van der Waals surface area contributed by atoms with Crippen LogP contribution in [0, 0.1) is 6.92 Å². The van der Waals surface area contributed by atoms with E-state index in [0.717, 1.165) is 16.7 Å². The molecule has 0 saturated heterocycles. The monoisotopic (exact) mass is 308 g/mol. The topological polar surface area (TPSA) is 42.7 Å². The molecule has 1 N–H and O–H groups in total. The van der Waals surface area contributed by atoms with Crippen molar-refractivity contribution in [2.45, 2.75) is 19.9 Å². The first kappa shape index (κ1) is 13.2. The van der Waals surface area contributed by atoms with Crippen molar-refractivity contribution in [2.75, 3.05) is 6.54 Å². The Morgan fingerprint density at radius 2 is 2.22 bits per heavy atom. The van der Waals surface area contributed by atoms with Gasteiger partial charge in [-0.2, -0.15) is 0 Å². The smallest absolute Gasteiger partial charge is 0.0798 e. The summed E-state index contributed by atoms with van der Waals surface area (Å²) in [6.07, 6.45) is 1.81. The van der Waals surface area contributed by atoms with Gasteiger partial charge in [0.05, 0.1) is 17.9 Å². The summed E-state index contributed by atoms with van der Waals surface area (Å²) in [6.45, 7) is 5.07. The molecule has 0 amide bonds. The van der Waals surface area contributed by atoms with E-state index in [0.29, 0.717) is 0 Å². The molecule has 1 unspecified atom stereocenters. The molecule has 1 aromatic carbocycles. The Morgan fingerprint density at radius 1 is 1.44 bits per heavy atom. The SMILES string of the molecule is CCNC(c1ccc(C)c(Br)c1)c1cnnn1C. The Kier molecular flexibility index (Phi) is 4.14. The molecule has 2 aromatic rings. The first-order valence-corrected chi connectivity index (χ1v) is 6.76. The fourth-order valence-corrected chi connectivity index (χ4v) is 2.34. The van der Waals surface area contributed by atoms with Gasteiger partial charge in [-0.05, 0) is 30.7 Å². The summed E-state index contributed by atoms with van der Waals surface area (Å²) in [6, 6.07) is 6.52. The number of aromatic nitrogens is 3. The number of nitrogens with zero attached hydrogens (tertiary/aromatic N) is 3. The van der Waals surface area contributed by atoms with Crippen LogP contribution in [0.15, 0.2) is 28.9 Å². The van der Waals surface area contributed by atoms with E-state index in [2.05, 4.69) is 63.6 Å². The lowest BCUT2D eigenvalue weighted by atomic mass is 10.0. The molecule has 5 heteroatoms. The van der Waals surface area contributed by atoms with E-state index >= 15 is 0 Å². The van der Waals surface area contributed by atoms with Crippen molar-refractivity contribution in [3.63, 3.8) is 0 Å². The molecule has 0 aliphatic carbocycles. The van der Waals surface area contributed by atoms with Gasteiger partial charge in [0.25, 0.3) is 0 Å². The third-order valence-electron chi connectivity index (χ3n) is 2.98. The summed E-state index contributed by atoms with van der Waals surface area (Å²) in [5, 5.41) is 11.4. The van der Waals surface area contributed by atoms with Crippen LogP contribution in [-0.4, -0.2) is 21.5 Å². The number of hydrogen-bond donors (Lipinski definition) is 1. The van der Waals surface area contributed by atoms with Crippen molar-refractivity contribution in [1.82, 2.24) is 20.3 Å². The Hall–Kier alpha value is -1.20. The van der Waals surface area contributed by atoms with Gasteiger partial charge in [-0.1, -0.05) is 40.2 Å². The largest absolute Gasteiger partial charge is 0.305 e. The lowest BCUT2D eigenvalue weighted by Crippen LogP contribution is -2.24. The van der Waals surface area contributed by atoms with Gasteiger partial charge in [-0.3, -0.25) is 4.68 Å². The highest BCUT2D eigenvalue weighted by Crippen LogP contribution is 2.25. The number of nitrogens with one attached hydrogen (secondary N) is 1. The van der Waals surface area contributed by atoms with E-state index < -0.39 is 0 Å². The molecule has 0 radical (unpaired) electrons. The molecule has 1 heterocycles. The second-order valence-corrected chi connectivity index (χ2v) is 5.14. The number of aryl methyl sites for hydroxylation is 2. The molecule has 0 aliphatic heterocycles. The van der Waals surface area contributed by atoms with Gasteiger partial charge in [-0.15, -0.1) is 5.10 Å². The second-order valence-electron chi connectivity index (χ2n) is 4.28. The van der Waals surface area contributed by atoms with Crippen LogP contribution in [0.4, 0.5) is 0 Å². The molecule has 4 nitrogen and oxygen atoms in total. The van der Waals surface area contributed by atoms with E-state index in [4.69, 9.17) is 0 Å². The van der Waals surface area contributed by atoms with Gasteiger partial charge in [0.15, 0.2) is 0 Å². The highest BCUT2D eigenvalue weighted by Gasteiger charge is 2.17. The summed E-state index contributed by atoms with van der Waals surface area (Å²) in [7, 11) is 1.91. The average molecular weight is 309 g/mol. The van der Waals surface area contributed by atoms with Crippen LogP contribution in [0.3, 0.4) is 0 Å². The van der Waals surface area contributed by atoms with Crippen molar-refractivity contribution in [3.8, 4) is 0 Å². The van der Waals surface area contributed by atoms with Crippen molar-refractivity contribution in [1.29, 1.82) is 0 Å². The average Bonchev–Trinajstić information content (AvgIpc) is 2.76. The molecule has 96 valence electrons. The summed E-state index contributed by atoms with van der Waals surface area (Å²) >= 11 is 3.58. The van der Waals surface area contributed by atoms with Crippen LogP contribution < -0.4 is 5.32 Å². The lowest BCUT2D eigenvalue weighted by molar-refractivity contribution is 0.568. The van der Waals surface area contributed by atoms with E-state index in [9.17, 15) is 0 Å². The maximum absolute atomic E-state index is 4.00. The van der Waals surface area contributed by atoms with Gasteiger partial charge in [0.2, 0.25) is 0 Å². The first-order chi connectivity index (χ1) is 8.63. The van der Waals surface area contributed by atoms with Gasteiger partial charge in [0, 0.05) is 11.5 Å². The molecule has 0 bridgehead atoms. The number of halogens is 1. The van der Waals surface area contributed by atoms with Gasteiger partial charge in [-0.25, -0.2) is 0 Å². The maximum atomic E-state index is 4.00. The van der Waals surface area contributed by atoms with Crippen LogP contribution >= 0.6 is 15.9 Å². The van der Waals surface area contributed by atoms with Crippen molar-refractivity contribution < 1.29 is 0 Å². The minimum Gasteiger partial charge on any atom is -0.305 e. The summed E-state index contributed by atoms with van der Waals surface area (Å²) in [5.41, 5.74) is 3.50. The summed E-state index contributed by atoms with van der Waals surface area (Å²) in [4.78, 5) is 0. The highest BCUT2D eigenvalue weighted by atomic mass is 79.9. The molecule has 2 rings (SSSR count). The lowest BCUT2D eigenvalue weighted by Gasteiger charge is -2.18. The number of rotatable bonds is 4. The van der Waals surface area contributed by atoms with E-state index in [1.165, 1.54) is 11.1 Å². The van der Waals surface area contributed by atoms with Gasteiger partial charge in [0.1, 0.15) is 0 Å². The summed E-state index contributed by atoms with van der Waals surface area (Å²) < 4.78 is 2.93. The third-order valence-corrected chi connectivity index (χ3v) is 3.84. The molecule has 0 aliphatic rings. The van der Waals surface area contributed by atoms with Gasteiger partial charge < -0.3 is 5.32 Å². The Balaban J connectivity index is 2.41. The normalized spacial score (nSPS) is 12.7. The zero-order chi connectivity index (χ0) is 13.1. The fraction of sp³-hybridized carbons (Fsp3) is 0.385. The summed E-state index contributed by atoms with van der Waals surface area (Å²) in [5.74, 6) is 0. The third kappa shape index (κ3) is 2.62. The quantitative estimate of drug-likeness (QED) is 0.944. The van der Waals surface area contributed by atoms with Crippen LogP contribution in [0.5, 0.6) is 0 Å². The molecule has 0 fully saturated rings. The van der Waals surface area contributed by atoms with E-state index in [-0.39, 0.29) is 6.04 Å². The van der Waals surface area contributed by atoms with Crippen molar-refractivity contribution in [2.24, 2.45) is 7.05 Å². The predicted molar refractivity (Wildman–Crippen MR) is 75.4 cm³/mol. The second kappa shape index (κ2) is 5.63. The zero-order valence-electron chi connectivity index (χ0n) is 10.8. The fourth-order valence-electron chi connectivity index (χ4n) is 1.94. The Bertz CT molecular complexity index is 536. The first-order valence-electron chi connectivity index (χ1n) is 5.97. The molecule has 18 heavy (non-hydrogen) atoms.